The highest BCUT2D eigenvalue weighted by atomic mass is 32.2. The van der Waals surface area contributed by atoms with Crippen LogP contribution in [0.4, 0.5) is 0 Å². The number of methoxy groups -OCH3 is 1. The Labute approximate surface area is 120 Å². The molecule has 2 aliphatic rings. The third kappa shape index (κ3) is 2.99. The van der Waals surface area contributed by atoms with Crippen LogP contribution in [0.2, 0.25) is 0 Å². The lowest BCUT2D eigenvalue weighted by Gasteiger charge is -2.32. The van der Waals surface area contributed by atoms with Gasteiger partial charge in [-0.05, 0) is 26.3 Å². The SMILES string of the molecule is CNC1CCN(S(=O)(=O)C2CCCCC2C(=O)OC)C1. The molecule has 1 heterocycles. The molecule has 0 radical (unpaired) electrons. The van der Waals surface area contributed by atoms with Crippen molar-refractivity contribution in [3.8, 4) is 0 Å². The lowest BCUT2D eigenvalue weighted by molar-refractivity contribution is -0.146. The summed E-state index contributed by atoms with van der Waals surface area (Å²) in [7, 11) is -0.244. The molecule has 3 atom stereocenters. The van der Waals surface area contributed by atoms with Crippen molar-refractivity contribution in [2.45, 2.75) is 43.4 Å². The summed E-state index contributed by atoms with van der Waals surface area (Å²) in [5.74, 6) is -0.893. The lowest BCUT2D eigenvalue weighted by atomic mass is 9.89. The van der Waals surface area contributed by atoms with Crippen molar-refractivity contribution in [2.24, 2.45) is 5.92 Å². The summed E-state index contributed by atoms with van der Waals surface area (Å²) in [5, 5.41) is 2.50. The van der Waals surface area contributed by atoms with Crippen molar-refractivity contribution in [3.05, 3.63) is 0 Å². The van der Waals surface area contributed by atoms with Crippen LogP contribution in [0.25, 0.3) is 0 Å². The molecular weight excluding hydrogens is 280 g/mol. The molecule has 0 bridgehead atoms. The van der Waals surface area contributed by atoms with E-state index in [2.05, 4.69) is 5.32 Å². The summed E-state index contributed by atoms with van der Waals surface area (Å²) in [6.07, 6.45) is 3.75. The van der Waals surface area contributed by atoms with Gasteiger partial charge in [0.1, 0.15) is 0 Å². The van der Waals surface area contributed by atoms with Gasteiger partial charge in [0.05, 0.1) is 18.3 Å². The molecule has 2 rings (SSSR count). The van der Waals surface area contributed by atoms with Crippen LogP contribution in [0.15, 0.2) is 0 Å². The van der Waals surface area contributed by atoms with E-state index in [9.17, 15) is 13.2 Å². The Morgan fingerprint density at radius 2 is 1.95 bits per heavy atom. The van der Waals surface area contributed by atoms with E-state index in [1.165, 1.54) is 7.11 Å². The van der Waals surface area contributed by atoms with Gasteiger partial charge in [-0.25, -0.2) is 12.7 Å². The van der Waals surface area contributed by atoms with Crippen molar-refractivity contribution in [2.75, 3.05) is 27.2 Å². The van der Waals surface area contributed by atoms with Crippen molar-refractivity contribution in [3.63, 3.8) is 0 Å². The van der Waals surface area contributed by atoms with Gasteiger partial charge in [0.15, 0.2) is 0 Å². The normalized spacial score (nSPS) is 32.2. The van der Waals surface area contributed by atoms with Gasteiger partial charge in [-0.2, -0.15) is 0 Å². The van der Waals surface area contributed by atoms with Crippen LogP contribution in [0.1, 0.15) is 32.1 Å². The molecule has 1 aliphatic carbocycles. The Morgan fingerprint density at radius 1 is 1.25 bits per heavy atom. The zero-order valence-electron chi connectivity index (χ0n) is 12.2. The molecule has 1 saturated carbocycles. The number of nitrogens with one attached hydrogen (secondary N) is 1. The maximum absolute atomic E-state index is 12.8. The van der Waals surface area contributed by atoms with E-state index in [1.807, 2.05) is 7.05 Å². The topological polar surface area (TPSA) is 75.7 Å². The van der Waals surface area contributed by atoms with Crippen molar-refractivity contribution in [1.82, 2.24) is 9.62 Å². The Hall–Kier alpha value is -0.660. The Kier molecular flexibility index (Phi) is 5.04. The lowest BCUT2D eigenvalue weighted by Crippen LogP contribution is -2.46. The first kappa shape index (κ1) is 15.7. The number of esters is 1. The number of nitrogens with zero attached hydrogens (tertiary/aromatic N) is 1. The fourth-order valence-corrected chi connectivity index (χ4v) is 5.52. The molecule has 0 spiro atoms. The molecule has 0 amide bonds. The molecule has 3 unspecified atom stereocenters. The Balaban J connectivity index is 2.16. The minimum atomic E-state index is -3.42. The molecule has 20 heavy (non-hydrogen) atoms. The van der Waals surface area contributed by atoms with E-state index in [0.717, 1.165) is 19.3 Å². The molecule has 1 N–H and O–H groups in total. The number of sulfonamides is 1. The zero-order chi connectivity index (χ0) is 14.8. The van der Waals surface area contributed by atoms with Crippen LogP contribution in [0.3, 0.4) is 0 Å². The summed E-state index contributed by atoms with van der Waals surface area (Å²) in [4.78, 5) is 11.8. The average Bonchev–Trinajstić information content (AvgIpc) is 2.96. The van der Waals surface area contributed by atoms with Crippen molar-refractivity contribution >= 4 is 16.0 Å². The molecule has 0 aromatic rings. The number of rotatable bonds is 4. The number of hydrogen-bond donors (Lipinski definition) is 1. The third-order valence-corrected chi connectivity index (χ3v) is 6.89. The summed E-state index contributed by atoms with van der Waals surface area (Å²) >= 11 is 0. The Morgan fingerprint density at radius 3 is 2.55 bits per heavy atom. The fourth-order valence-electron chi connectivity index (χ4n) is 3.26. The van der Waals surface area contributed by atoms with E-state index < -0.39 is 21.2 Å². The number of ether oxygens (including phenoxy) is 1. The average molecular weight is 304 g/mol. The highest BCUT2D eigenvalue weighted by Crippen LogP contribution is 2.33. The summed E-state index contributed by atoms with van der Waals surface area (Å²) in [6, 6.07) is 0.213. The second kappa shape index (κ2) is 6.41. The first-order valence-corrected chi connectivity index (χ1v) is 8.75. The van der Waals surface area contributed by atoms with Crippen LogP contribution in [-0.2, 0) is 19.6 Å². The maximum Gasteiger partial charge on any atom is 0.310 e. The molecule has 116 valence electrons. The number of likely N-dealkylation sites (N-methyl/N-ethyl adjacent to an activating group) is 1. The van der Waals surface area contributed by atoms with Gasteiger partial charge in [0.2, 0.25) is 10.0 Å². The predicted molar refractivity (Wildman–Crippen MR) is 75.7 cm³/mol. The molecule has 0 aromatic heterocycles. The quantitative estimate of drug-likeness (QED) is 0.758. The van der Waals surface area contributed by atoms with Crippen LogP contribution in [0, 0.1) is 5.92 Å². The van der Waals surface area contributed by atoms with Crippen LogP contribution < -0.4 is 5.32 Å². The molecule has 1 saturated heterocycles. The standard InChI is InChI=1S/C13H24N2O4S/c1-14-10-7-8-15(9-10)20(17,18)12-6-4-3-5-11(12)13(16)19-2/h10-12,14H,3-9H2,1-2H3. The zero-order valence-corrected chi connectivity index (χ0v) is 13.0. The van der Waals surface area contributed by atoms with Gasteiger partial charge in [-0.3, -0.25) is 4.79 Å². The second-order valence-corrected chi connectivity index (χ2v) is 7.78. The van der Waals surface area contributed by atoms with Gasteiger partial charge < -0.3 is 10.1 Å². The Bertz CT molecular complexity index is 451. The van der Waals surface area contributed by atoms with Crippen LogP contribution >= 0.6 is 0 Å². The first-order chi connectivity index (χ1) is 9.50. The third-order valence-electron chi connectivity index (χ3n) is 4.51. The van der Waals surface area contributed by atoms with E-state index >= 15 is 0 Å². The number of carbonyl (C=O) groups is 1. The van der Waals surface area contributed by atoms with Crippen LogP contribution in [-0.4, -0.2) is 57.2 Å². The fraction of sp³-hybridized carbons (Fsp3) is 0.923. The molecule has 7 heteroatoms. The minimum Gasteiger partial charge on any atom is -0.469 e. The van der Waals surface area contributed by atoms with Gasteiger partial charge in [-0.1, -0.05) is 12.8 Å². The minimum absolute atomic E-state index is 0.213. The number of carbonyl (C=O) groups excluding carboxylic acids is 1. The number of hydrogen-bond acceptors (Lipinski definition) is 5. The summed E-state index contributed by atoms with van der Waals surface area (Å²) in [5.41, 5.74) is 0. The van der Waals surface area contributed by atoms with Gasteiger partial charge in [0, 0.05) is 19.1 Å². The smallest absolute Gasteiger partial charge is 0.310 e. The first-order valence-electron chi connectivity index (χ1n) is 7.24. The van der Waals surface area contributed by atoms with E-state index in [-0.39, 0.29) is 12.0 Å². The monoisotopic (exact) mass is 304 g/mol. The second-order valence-electron chi connectivity index (χ2n) is 5.63. The molecule has 0 aromatic carbocycles. The van der Waals surface area contributed by atoms with Crippen molar-refractivity contribution < 1.29 is 17.9 Å². The van der Waals surface area contributed by atoms with E-state index in [4.69, 9.17) is 4.74 Å². The van der Waals surface area contributed by atoms with Gasteiger partial charge in [-0.15, -0.1) is 0 Å². The van der Waals surface area contributed by atoms with Crippen molar-refractivity contribution in [1.29, 1.82) is 0 Å². The molecular formula is C13H24N2O4S. The highest BCUT2D eigenvalue weighted by molar-refractivity contribution is 7.89. The predicted octanol–water partition coefficient (Wildman–Crippen LogP) is 0.342. The largest absolute Gasteiger partial charge is 0.469 e. The summed E-state index contributed by atoms with van der Waals surface area (Å²) < 4.78 is 31.9. The van der Waals surface area contributed by atoms with Gasteiger partial charge >= 0.3 is 5.97 Å². The highest BCUT2D eigenvalue weighted by Gasteiger charge is 2.44. The molecule has 2 fully saturated rings. The van der Waals surface area contributed by atoms with E-state index in [0.29, 0.717) is 25.9 Å². The molecule has 1 aliphatic heterocycles. The van der Waals surface area contributed by atoms with Gasteiger partial charge in [0.25, 0.3) is 0 Å². The van der Waals surface area contributed by atoms with Crippen LogP contribution in [0.5, 0.6) is 0 Å². The molecule has 6 nitrogen and oxygen atoms in total. The maximum atomic E-state index is 12.8. The summed E-state index contributed by atoms with van der Waals surface area (Å²) in [6.45, 7) is 1.04. The van der Waals surface area contributed by atoms with E-state index in [1.54, 1.807) is 4.31 Å².